The number of aliphatic hydroxyl groups is 1. The second-order valence-corrected chi connectivity index (χ2v) is 28.7. The van der Waals surface area contributed by atoms with E-state index in [1.54, 1.807) is 73.2 Å². The lowest BCUT2D eigenvalue weighted by atomic mass is 9.92. The molecule has 39 nitrogen and oxygen atoms in total. The number of pyridine rings is 1. The van der Waals surface area contributed by atoms with Gasteiger partial charge in [0, 0.05) is 137 Å². The molecule has 0 bridgehead atoms. The number of halogens is 1. The molecule has 0 saturated carbocycles. The van der Waals surface area contributed by atoms with Crippen LogP contribution >= 0.6 is 11.6 Å². The number of aliphatic hydroxyl groups excluding tert-OH is 1. The van der Waals surface area contributed by atoms with E-state index >= 15 is 0 Å². The molecule has 9 rings (SSSR count). The Morgan fingerprint density at radius 1 is 0.758 bits per heavy atom. The summed E-state index contributed by atoms with van der Waals surface area (Å²) in [5.74, 6) is 3.13. The number of hydrogen-bond acceptors (Lipinski definition) is 26. The second-order valence-electron chi connectivity index (χ2n) is 28.4. The number of rotatable bonds is 42. The van der Waals surface area contributed by atoms with Gasteiger partial charge in [0.1, 0.15) is 54.9 Å². The number of imide groups is 1. The van der Waals surface area contributed by atoms with E-state index in [-0.39, 0.29) is 172 Å². The number of likely N-dealkylation sites (N-methyl/N-ethyl adjacent to an activating group) is 3. The number of nitrogens with one attached hydrogen (secondary N) is 8. The number of piperazine rings is 1. The predicted octanol–water partition coefficient (Wildman–Crippen LogP) is 4.63. The fraction of sp³-hybridized carbons (Fsp3) is 0.438. The number of hydrogen-bond donors (Lipinski definition) is 11. The average molecular weight is 1690 g/mol. The summed E-state index contributed by atoms with van der Waals surface area (Å²) in [4.78, 5) is 173. The summed E-state index contributed by atoms with van der Waals surface area (Å²) in [5, 5.41) is 31.5. The standard InChI is InChI=1S/C80H103ClN18O21/c1-50(2)70(92-77(109)117-40-38-114-34-30-97(83)48-57(84-4)45-87-76(108)116-39-37-115-35-31-98-66(101)20-21-67(98)102)73(105)90-60(11-8-22-85-75(82)107)72(104)88-56-16-12-52(13-17-56)49-118-78(110)94(6)25-28-96(29-33-113-36-32-100)79(111)119-58-18-14-53(15-19-58)71(103)91-65-42-54-41-61(89-62(54)46-86-65)74(106)99-47-55(44-81)69-63(99)43-64(59-10-7-9-51(3)68(59)69)120-80(112)95-26-23-93(5)24-27-95/h7,9-10,12-21,41-43,46,48,50,55,60,70,84,89,100H,8,11,22-40,44-45,47,49,83H2,1-6H3,(H,87,108)(H,88,104)(H,90,105)(H,92,109)(H3,82,85,107)(H,86,91,103)/b57-48-/t55-,60+,70+/m1/s1. The molecule has 2 aromatic heterocycles. The number of aromatic nitrogens is 2. The van der Waals surface area contributed by atoms with Gasteiger partial charge in [0.05, 0.1) is 83.3 Å². The number of urea groups is 1. The van der Waals surface area contributed by atoms with Crippen molar-refractivity contribution in [3.8, 4) is 11.5 Å². The fourth-order valence-corrected chi connectivity index (χ4v) is 13.0. The zero-order valence-corrected chi connectivity index (χ0v) is 68.4. The summed E-state index contributed by atoms with van der Waals surface area (Å²) in [7, 11) is 5.09. The number of anilines is 3. The molecule has 1 fully saturated rings. The molecule has 120 heavy (non-hydrogen) atoms. The van der Waals surface area contributed by atoms with Crippen molar-refractivity contribution in [3.63, 3.8) is 0 Å². The average Bonchev–Trinajstić information content (AvgIpc) is 1.56. The summed E-state index contributed by atoms with van der Waals surface area (Å²) < 4.78 is 44.1. The van der Waals surface area contributed by atoms with Gasteiger partial charge in [0.2, 0.25) is 11.8 Å². The van der Waals surface area contributed by atoms with Gasteiger partial charge in [-0.1, -0.05) is 44.2 Å². The number of H-pyrrole nitrogens is 1. The molecule has 646 valence electrons. The Morgan fingerprint density at radius 3 is 2.15 bits per heavy atom. The lowest BCUT2D eigenvalue weighted by Crippen LogP contribution is -2.54. The number of alkyl halides is 1. The number of aryl methyl sites for hydroxylation is 1. The fourth-order valence-electron chi connectivity index (χ4n) is 12.8. The molecule has 3 atom stereocenters. The number of aromatic amines is 1. The maximum absolute atomic E-state index is 14.6. The van der Waals surface area contributed by atoms with Crippen molar-refractivity contribution in [2.45, 2.75) is 58.2 Å². The van der Waals surface area contributed by atoms with Crippen molar-refractivity contribution in [3.05, 3.63) is 143 Å². The molecule has 3 aliphatic heterocycles. The highest BCUT2D eigenvalue weighted by atomic mass is 35.5. The zero-order chi connectivity index (χ0) is 86.4. The Hall–Kier alpha value is -12.4. The van der Waals surface area contributed by atoms with Gasteiger partial charge in [0.15, 0.2) is 0 Å². The van der Waals surface area contributed by atoms with Gasteiger partial charge in [-0.2, -0.15) is 0 Å². The molecule has 6 aromatic rings. The summed E-state index contributed by atoms with van der Waals surface area (Å²) in [5.41, 5.74) is 9.98. The highest BCUT2D eigenvalue weighted by Gasteiger charge is 2.38. The molecule has 0 unspecified atom stereocenters. The Morgan fingerprint density at radius 2 is 1.46 bits per heavy atom. The molecule has 13 amide bonds. The normalized spacial score (nSPS) is 14.4. The van der Waals surface area contributed by atoms with E-state index in [2.05, 4.69) is 52.1 Å². The molecule has 5 heterocycles. The number of amides is 13. The number of nitrogens with two attached hydrogens (primary N) is 2. The van der Waals surface area contributed by atoms with Crippen molar-refractivity contribution in [2.24, 2.45) is 17.5 Å². The third-order valence-corrected chi connectivity index (χ3v) is 19.8. The largest absolute Gasteiger partial charge is 0.447 e. The van der Waals surface area contributed by atoms with Crippen LogP contribution in [0.3, 0.4) is 0 Å². The number of ether oxygens (including phenoxy) is 8. The minimum atomic E-state index is -1.18. The monoisotopic (exact) mass is 1690 g/mol. The SMILES string of the molecule is CN/C(=C\N(N)CCOCCOC(=O)N[C@H](C(=O)N[C@@H](CCCNC(N)=O)C(=O)Nc1ccc(COC(=O)N(C)CCN(CCOCCO)C(=O)Oc2ccc(C(=O)Nc3cc4cc(C(=O)N5C[C@@H](CCl)c6c5cc(OC(=O)N5CCN(C)CC5)c5cccc(C)c65)[nH]c4cn3)cc2)cc1)C(C)C)CNC(=O)OCCOCCN1C(=O)C=CC1=O. The third-order valence-electron chi connectivity index (χ3n) is 19.4. The number of carbonyl (C=O) groups is 12. The van der Waals surface area contributed by atoms with Crippen molar-refractivity contribution < 1.29 is 101 Å². The smallest absolute Gasteiger partial charge is 0.415 e. The van der Waals surface area contributed by atoms with Crippen LogP contribution in [-0.4, -0.2) is 294 Å². The number of hydrazine groups is 1. The van der Waals surface area contributed by atoms with Crippen LogP contribution in [0.15, 0.2) is 115 Å². The van der Waals surface area contributed by atoms with E-state index in [1.807, 2.05) is 32.2 Å². The molecule has 3 aliphatic rings. The Bertz CT molecular complexity index is 4640. The minimum Gasteiger partial charge on any atom is -0.447 e. The Kier molecular flexibility index (Phi) is 34.7. The molecular weight excluding hydrogens is 1580 g/mol. The van der Waals surface area contributed by atoms with Crippen LogP contribution in [0.2, 0.25) is 0 Å². The Labute approximate surface area is 696 Å². The van der Waals surface area contributed by atoms with Crippen molar-refractivity contribution in [2.75, 3.05) is 181 Å². The third kappa shape index (κ3) is 26.8. The first-order valence-electron chi connectivity index (χ1n) is 38.9. The van der Waals surface area contributed by atoms with Gasteiger partial charge in [-0.15, -0.1) is 11.6 Å². The number of nitrogens with zero attached hydrogens (tertiary/aromatic N) is 8. The second kappa shape index (κ2) is 45.5. The predicted molar refractivity (Wildman–Crippen MR) is 440 cm³/mol. The molecule has 0 aliphatic carbocycles. The first-order chi connectivity index (χ1) is 57.7. The van der Waals surface area contributed by atoms with E-state index in [0.29, 0.717) is 65.5 Å². The highest BCUT2D eigenvalue weighted by Crippen LogP contribution is 2.47. The summed E-state index contributed by atoms with van der Waals surface area (Å²) in [6, 6.07) is 19.8. The van der Waals surface area contributed by atoms with E-state index < -0.39 is 84.0 Å². The van der Waals surface area contributed by atoms with Gasteiger partial charge < -0.3 is 120 Å². The van der Waals surface area contributed by atoms with Crippen LogP contribution in [-0.2, 0) is 54.2 Å². The number of fused-ring (bicyclic) bond motifs is 4. The van der Waals surface area contributed by atoms with E-state index in [4.69, 9.17) is 61.1 Å². The lowest BCUT2D eigenvalue weighted by Gasteiger charge is -2.31. The van der Waals surface area contributed by atoms with Crippen molar-refractivity contribution >= 4 is 122 Å². The topological polar surface area (TPSA) is 487 Å². The van der Waals surface area contributed by atoms with Crippen molar-refractivity contribution in [1.82, 2.24) is 66.1 Å². The lowest BCUT2D eigenvalue weighted by molar-refractivity contribution is -0.137. The van der Waals surface area contributed by atoms with Crippen LogP contribution in [0.4, 0.5) is 46.0 Å². The van der Waals surface area contributed by atoms with Crippen LogP contribution in [0, 0.1) is 12.8 Å². The maximum Gasteiger partial charge on any atom is 0.415 e. The molecule has 13 N–H and O–H groups in total. The number of carbonyl (C=O) groups excluding carboxylic acids is 12. The minimum absolute atomic E-state index is 0.000527. The zero-order valence-electron chi connectivity index (χ0n) is 67.6. The summed E-state index contributed by atoms with van der Waals surface area (Å²) >= 11 is 6.63. The van der Waals surface area contributed by atoms with Gasteiger partial charge in [-0.05, 0) is 103 Å². The maximum atomic E-state index is 14.6. The molecular formula is C80H103ClN18O21. The van der Waals surface area contributed by atoms with E-state index in [1.165, 1.54) is 70.7 Å². The highest BCUT2D eigenvalue weighted by molar-refractivity contribution is 6.20. The first kappa shape index (κ1) is 91.5. The van der Waals surface area contributed by atoms with Gasteiger partial charge in [-0.3, -0.25) is 33.7 Å². The first-order valence-corrected chi connectivity index (χ1v) is 39.4. The van der Waals surface area contributed by atoms with Gasteiger partial charge in [-0.25, -0.2) is 39.6 Å². The van der Waals surface area contributed by atoms with Crippen LogP contribution in [0.1, 0.15) is 70.1 Å². The van der Waals surface area contributed by atoms with Crippen LogP contribution in [0.25, 0.3) is 21.7 Å². The number of primary amides is 1. The van der Waals surface area contributed by atoms with Crippen LogP contribution < -0.4 is 63.2 Å². The summed E-state index contributed by atoms with van der Waals surface area (Å²) in [6.45, 7) is 7.80. The molecule has 0 radical (unpaired) electrons. The van der Waals surface area contributed by atoms with Gasteiger partial charge in [0.25, 0.3) is 23.6 Å². The quantitative estimate of drug-likeness (QED) is 0.00621. The molecule has 40 heteroatoms. The molecule has 1 saturated heterocycles. The number of benzene rings is 4. The van der Waals surface area contributed by atoms with E-state index in [0.717, 1.165) is 26.8 Å². The molecule has 0 spiro atoms. The van der Waals surface area contributed by atoms with E-state index in [9.17, 15) is 62.6 Å². The van der Waals surface area contributed by atoms with Crippen LogP contribution in [0.5, 0.6) is 11.5 Å². The number of alkyl carbamates (subject to hydrolysis) is 2. The Balaban J connectivity index is 0.697. The summed E-state index contributed by atoms with van der Waals surface area (Å²) in [6.07, 6.45) is 1.93. The van der Waals surface area contributed by atoms with Crippen molar-refractivity contribution in [1.29, 1.82) is 0 Å². The molecule has 4 aromatic carbocycles. The van der Waals surface area contributed by atoms with Gasteiger partial charge >= 0.3 is 36.5 Å².